The maximum atomic E-state index is 12.7. The predicted molar refractivity (Wildman–Crippen MR) is 220 cm³/mol. The van der Waals surface area contributed by atoms with Gasteiger partial charge in [-0.3, -0.25) is 9.59 Å². The fraction of sp³-hybridized carbons (Fsp3) is 0.844. The summed E-state index contributed by atoms with van der Waals surface area (Å²) in [5.41, 5.74) is 0. The van der Waals surface area contributed by atoms with Crippen LogP contribution in [0.5, 0.6) is 0 Å². The van der Waals surface area contributed by atoms with E-state index >= 15 is 0 Å². The molecule has 0 fully saturated rings. The number of carbonyl (C=O) groups excluding carboxylic acids is 2. The summed E-state index contributed by atoms with van der Waals surface area (Å²) in [6.45, 7) is 4.71. The third kappa shape index (κ3) is 35.3. The van der Waals surface area contributed by atoms with Crippen LogP contribution in [-0.2, 0) is 28.6 Å². The number of nitrogens with zero attached hydrogens (tertiary/aromatic N) is 1. The average molecular weight is 751 g/mol. The molecule has 2 atom stereocenters. The van der Waals surface area contributed by atoms with Gasteiger partial charge in [0.15, 0.2) is 12.1 Å². The highest BCUT2D eigenvalue weighted by Crippen LogP contribution is 2.15. The number of hydrogen-bond donors (Lipinski definition) is 1. The maximum Gasteiger partial charge on any atom is 0.362 e. The molecule has 0 aliphatic carbocycles. The Morgan fingerprint density at radius 2 is 1.00 bits per heavy atom. The van der Waals surface area contributed by atoms with Gasteiger partial charge in [0.25, 0.3) is 0 Å². The lowest BCUT2D eigenvalue weighted by atomic mass is 10.0. The van der Waals surface area contributed by atoms with Crippen molar-refractivity contribution in [1.82, 2.24) is 0 Å². The zero-order chi connectivity index (χ0) is 39.3. The number of likely N-dealkylation sites (N-methyl/N-ethyl adjacent to an activating group) is 1. The van der Waals surface area contributed by atoms with E-state index in [-0.39, 0.29) is 36.2 Å². The molecule has 0 radical (unpaired) electrons. The van der Waals surface area contributed by atoms with Crippen molar-refractivity contribution in [3.8, 4) is 0 Å². The van der Waals surface area contributed by atoms with Crippen LogP contribution in [0.2, 0.25) is 0 Å². The van der Waals surface area contributed by atoms with Crippen molar-refractivity contribution in [3.05, 3.63) is 24.3 Å². The maximum absolute atomic E-state index is 12.7. The zero-order valence-electron chi connectivity index (χ0n) is 35.2. The Morgan fingerprint density at radius 3 is 1.47 bits per heavy atom. The smallest absolute Gasteiger partial charge is 0.362 e. The second kappa shape index (κ2) is 36.8. The molecule has 2 unspecified atom stereocenters. The molecule has 0 bridgehead atoms. The van der Waals surface area contributed by atoms with E-state index < -0.39 is 18.1 Å². The lowest BCUT2D eigenvalue weighted by Gasteiger charge is -2.31. The van der Waals surface area contributed by atoms with Crippen LogP contribution in [0, 0.1) is 0 Å². The lowest BCUT2D eigenvalue weighted by Crippen LogP contribution is -2.50. The third-order valence-electron chi connectivity index (χ3n) is 9.85. The van der Waals surface area contributed by atoms with E-state index in [9.17, 15) is 19.5 Å². The van der Waals surface area contributed by atoms with E-state index in [1.165, 1.54) is 96.3 Å². The van der Waals surface area contributed by atoms with Crippen LogP contribution in [0.15, 0.2) is 24.3 Å². The Balaban J connectivity index is 4.37. The van der Waals surface area contributed by atoms with Crippen LogP contribution in [0.4, 0.5) is 0 Å². The van der Waals surface area contributed by atoms with Crippen molar-refractivity contribution in [2.45, 2.75) is 206 Å². The number of aliphatic carboxylic acids is 1. The first kappa shape index (κ1) is 50.8. The Hall–Kier alpha value is -2.19. The summed E-state index contributed by atoms with van der Waals surface area (Å²) < 4.78 is 17.3. The minimum Gasteiger partial charge on any atom is -0.477 e. The van der Waals surface area contributed by atoms with Crippen LogP contribution in [-0.4, -0.2) is 80.6 Å². The number of esters is 2. The van der Waals surface area contributed by atoms with Crippen LogP contribution in [0.25, 0.3) is 0 Å². The highest BCUT2D eigenvalue weighted by atomic mass is 16.6. The second-order valence-electron chi connectivity index (χ2n) is 16.0. The minimum absolute atomic E-state index is 0.0526. The highest BCUT2D eigenvalue weighted by molar-refractivity contribution is 5.72. The SMILES string of the molecule is CCCCCC/C=C\C/C=C\CCCCCCCC(=O)OC(COCCC(C(=O)O)[N+](C)(C)C)COC(=O)CCCCCCCCCCCCCCC. The summed E-state index contributed by atoms with van der Waals surface area (Å²) in [5, 5.41) is 9.61. The first-order valence-corrected chi connectivity index (χ1v) is 21.9. The molecule has 0 aromatic heterocycles. The Morgan fingerprint density at radius 1 is 0.566 bits per heavy atom. The van der Waals surface area contributed by atoms with Crippen LogP contribution in [0.1, 0.15) is 194 Å². The van der Waals surface area contributed by atoms with Crippen molar-refractivity contribution in [1.29, 1.82) is 0 Å². The van der Waals surface area contributed by atoms with Gasteiger partial charge in [0.1, 0.15) is 6.61 Å². The predicted octanol–water partition coefficient (Wildman–Crippen LogP) is 11.7. The fourth-order valence-electron chi connectivity index (χ4n) is 6.42. The number of quaternary nitrogens is 1. The fourth-order valence-corrected chi connectivity index (χ4v) is 6.42. The highest BCUT2D eigenvalue weighted by Gasteiger charge is 2.31. The summed E-state index contributed by atoms with van der Waals surface area (Å²) in [4.78, 5) is 36.9. The number of allylic oxidation sites excluding steroid dienone is 4. The second-order valence-corrected chi connectivity index (χ2v) is 16.0. The van der Waals surface area contributed by atoms with E-state index in [4.69, 9.17) is 14.2 Å². The Kier molecular flexibility index (Phi) is 35.2. The van der Waals surface area contributed by atoms with Crippen LogP contribution >= 0.6 is 0 Å². The van der Waals surface area contributed by atoms with Crippen LogP contribution < -0.4 is 0 Å². The van der Waals surface area contributed by atoms with E-state index in [1.807, 2.05) is 21.1 Å². The van der Waals surface area contributed by atoms with Gasteiger partial charge in [-0.2, -0.15) is 0 Å². The van der Waals surface area contributed by atoms with Crippen molar-refractivity contribution in [2.24, 2.45) is 0 Å². The molecular formula is C45H84NO7+. The largest absolute Gasteiger partial charge is 0.477 e. The Bertz CT molecular complexity index is 926. The van der Waals surface area contributed by atoms with Gasteiger partial charge >= 0.3 is 17.9 Å². The lowest BCUT2D eigenvalue weighted by molar-refractivity contribution is -0.887. The molecule has 8 nitrogen and oxygen atoms in total. The molecule has 310 valence electrons. The molecule has 1 N–H and O–H groups in total. The summed E-state index contributed by atoms with van der Waals surface area (Å²) >= 11 is 0. The van der Waals surface area contributed by atoms with Crippen molar-refractivity contribution < 1.29 is 38.2 Å². The van der Waals surface area contributed by atoms with E-state index in [1.54, 1.807) is 0 Å². The Labute approximate surface area is 326 Å². The number of unbranched alkanes of at least 4 members (excludes halogenated alkanes) is 21. The normalized spacial score (nSPS) is 13.2. The monoisotopic (exact) mass is 751 g/mol. The molecule has 8 heteroatoms. The summed E-state index contributed by atoms with van der Waals surface area (Å²) in [6, 6.07) is -0.614. The van der Waals surface area contributed by atoms with E-state index in [0.717, 1.165) is 64.2 Å². The van der Waals surface area contributed by atoms with Gasteiger partial charge in [0, 0.05) is 19.3 Å². The number of hydrogen-bond acceptors (Lipinski definition) is 6. The quantitative estimate of drug-likeness (QED) is 0.0289. The first-order chi connectivity index (χ1) is 25.6. The van der Waals surface area contributed by atoms with E-state index in [0.29, 0.717) is 19.3 Å². The average Bonchev–Trinajstić information content (AvgIpc) is 3.11. The number of carboxylic acid groups (broad SMARTS) is 1. The topological polar surface area (TPSA) is 99.1 Å². The number of carboxylic acids is 1. The standard InChI is InChI=1S/C45H83NO7/c1-6-8-10-12-14-16-18-20-21-22-24-26-28-30-32-34-36-44(48)53-41(39-51-38-37-42(45(49)50)46(3,4)5)40-52-43(47)35-33-31-29-27-25-23-19-17-15-13-11-9-7-2/h16,18,21-22,41-42H,6-15,17,19-20,23-40H2,1-5H3/p+1/b18-16-,22-21-. The molecule has 53 heavy (non-hydrogen) atoms. The molecule has 0 aromatic rings. The molecule has 0 aromatic carbocycles. The van der Waals surface area contributed by atoms with Gasteiger partial charge in [0.05, 0.1) is 34.4 Å². The number of carbonyl (C=O) groups is 3. The van der Waals surface area contributed by atoms with Gasteiger partial charge in [-0.15, -0.1) is 0 Å². The first-order valence-electron chi connectivity index (χ1n) is 21.9. The summed E-state index contributed by atoms with van der Waals surface area (Å²) in [6.07, 6.45) is 39.2. The minimum atomic E-state index is -0.876. The zero-order valence-corrected chi connectivity index (χ0v) is 35.2. The molecule has 0 aliphatic rings. The van der Waals surface area contributed by atoms with Gasteiger partial charge in [-0.25, -0.2) is 4.79 Å². The summed E-state index contributed by atoms with van der Waals surface area (Å²) in [7, 11) is 5.52. The molecular weight excluding hydrogens is 666 g/mol. The third-order valence-corrected chi connectivity index (χ3v) is 9.85. The van der Waals surface area contributed by atoms with Crippen molar-refractivity contribution in [2.75, 3.05) is 41.0 Å². The van der Waals surface area contributed by atoms with Gasteiger partial charge < -0.3 is 23.8 Å². The molecule has 0 heterocycles. The van der Waals surface area contributed by atoms with Crippen LogP contribution in [0.3, 0.4) is 0 Å². The molecule has 0 saturated heterocycles. The van der Waals surface area contributed by atoms with Gasteiger partial charge in [-0.1, -0.05) is 154 Å². The molecule has 0 saturated carbocycles. The number of ether oxygens (including phenoxy) is 3. The van der Waals surface area contributed by atoms with E-state index in [2.05, 4.69) is 38.2 Å². The molecule has 0 rings (SSSR count). The molecule has 0 spiro atoms. The summed E-state index contributed by atoms with van der Waals surface area (Å²) in [5.74, 6) is -1.48. The van der Waals surface area contributed by atoms with Crippen molar-refractivity contribution in [3.63, 3.8) is 0 Å². The number of rotatable bonds is 39. The molecule has 0 amide bonds. The van der Waals surface area contributed by atoms with Crippen molar-refractivity contribution >= 4 is 17.9 Å². The van der Waals surface area contributed by atoms with Gasteiger partial charge in [0.2, 0.25) is 0 Å². The van der Waals surface area contributed by atoms with Gasteiger partial charge in [-0.05, 0) is 44.9 Å². The molecule has 0 aliphatic heterocycles.